The summed E-state index contributed by atoms with van der Waals surface area (Å²) in [6.07, 6.45) is 4.02. The molecule has 5 nitrogen and oxygen atoms in total. The van der Waals surface area contributed by atoms with Crippen molar-refractivity contribution < 1.29 is 4.79 Å². The fraction of sp³-hybridized carbons (Fsp3) is 0.400. The van der Waals surface area contributed by atoms with Crippen LogP contribution in [0.3, 0.4) is 0 Å². The Labute approximate surface area is 118 Å². The zero-order valence-electron chi connectivity index (χ0n) is 11.4. The smallest absolute Gasteiger partial charge is 0.312 e. The van der Waals surface area contributed by atoms with Crippen LogP contribution in [-0.2, 0) is 6.54 Å². The van der Waals surface area contributed by atoms with Crippen LogP contribution < -0.4 is 11.1 Å². The molecule has 1 aromatic heterocycles. The number of benzene rings is 1. The summed E-state index contributed by atoms with van der Waals surface area (Å²) < 4.78 is 0. The van der Waals surface area contributed by atoms with Gasteiger partial charge in [0.2, 0.25) is 0 Å². The molecule has 0 atom stereocenters. The Hall–Kier alpha value is -2.01. The second-order valence-corrected chi connectivity index (χ2v) is 5.42. The van der Waals surface area contributed by atoms with Crippen molar-refractivity contribution in [2.75, 3.05) is 13.1 Å². The maximum Gasteiger partial charge on any atom is 0.312 e. The number of hydrogen-bond acceptors (Lipinski definition) is 2. The van der Waals surface area contributed by atoms with E-state index in [4.69, 9.17) is 5.73 Å². The molecule has 2 aromatic rings. The fourth-order valence-corrected chi connectivity index (χ4v) is 2.94. The number of carbonyl (C=O) groups is 1. The Morgan fingerprint density at radius 2 is 2.10 bits per heavy atom. The lowest BCUT2D eigenvalue weighted by Crippen LogP contribution is -2.46. The minimum Gasteiger partial charge on any atom is -0.361 e. The van der Waals surface area contributed by atoms with Gasteiger partial charge in [0.05, 0.1) is 0 Å². The van der Waals surface area contributed by atoms with E-state index in [1.807, 2.05) is 6.07 Å². The minimum atomic E-state index is -0.417. The van der Waals surface area contributed by atoms with Crippen molar-refractivity contribution >= 4 is 16.9 Å². The first-order valence-corrected chi connectivity index (χ1v) is 7.05. The van der Waals surface area contributed by atoms with E-state index in [9.17, 15) is 4.79 Å². The Morgan fingerprint density at radius 1 is 1.35 bits per heavy atom. The molecule has 3 rings (SSSR count). The molecule has 0 unspecified atom stereocenters. The standard InChI is InChI=1S/C15H20N4O/c16-15(20)18-12-5-7-19(8-6-12)10-11-9-17-14-4-2-1-3-13(11)14/h1-4,9,12,17H,5-8,10H2,(H3,16,18,20). The third kappa shape index (κ3) is 2.77. The van der Waals surface area contributed by atoms with E-state index in [1.165, 1.54) is 16.5 Å². The van der Waals surface area contributed by atoms with E-state index < -0.39 is 6.03 Å². The first-order valence-electron chi connectivity index (χ1n) is 7.05. The van der Waals surface area contributed by atoms with Crippen LogP contribution in [0.5, 0.6) is 0 Å². The van der Waals surface area contributed by atoms with Crippen molar-refractivity contribution in [3.8, 4) is 0 Å². The second kappa shape index (κ2) is 5.54. The zero-order valence-corrected chi connectivity index (χ0v) is 11.4. The van der Waals surface area contributed by atoms with Gasteiger partial charge in [-0.2, -0.15) is 0 Å². The number of aromatic nitrogens is 1. The van der Waals surface area contributed by atoms with Gasteiger partial charge in [0, 0.05) is 42.8 Å². The molecule has 2 amide bonds. The molecule has 1 aliphatic heterocycles. The Kier molecular flexibility index (Phi) is 3.60. The zero-order chi connectivity index (χ0) is 13.9. The summed E-state index contributed by atoms with van der Waals surface area (Å²) in [5, 5.41) is 4.09. The number of nitrogens with zero attached hydrogens (tertiary/aromatic N) is 1. The molecule has 20 heavy (non-hydrogen) atoms. The highest BCUT2D eigenvalue weighted by atomic mass is 16.2. The van der Waals surface area contributed by atoms with Crippen molar-refractivity contribution in [1.82, 2.24) is 15.2 Å². The number of amides is 2. The number of likely N-dealkylation sites (tertiary alicyclic amines) is 1. The van der Waals surface area contributed by atoms with Crippen LogP contribution in [0.15, 0.2) is 30.5 Å². The third-order valence-electron chi connectivity index (χ3n) is 4.00. The first kappa shape index (κ1) is 13.0. The number of aromatic amines is 1. The van der Waals surface area contributed by atoms with Crippen LogP contribution in [0, 0.1) is 0 Å². The quantitative estimate of drug-likeness (QED) is 0.797. The summed E-state index contributed by atoms with van der Waals surface area (Å²) in [7, 11) is 0. The Bertz CT molecular complexity index is 599. The molecule has 0 aliphatic carbocycles. The van der Waals surface area contributed by atoms with Crippen molar-refractivity contribution in [3.63, 3.8) is 0 Å². The molecule has 1 aliphatic rings. The van der Waals surface area contributed by atoms with Gasteiger partial charge in [-0.15, -0.1) is 0 Å². The molecular weight excluding hydrogens is 252 g/mol. The molecule has 2 heterocycles. The average Bonchev–Trinajstić information content (AvgIpc) is 2.84. The molecular formula is C15H20N4O. The largest absolute Gasteiger partial charge is 0.361 e. The number of piperidine rings is 1. The highest BCUT2D eigenvalue weighted by Crippen LogP contribution is 2.21. The molecule has 0 radical (unpaired) electrons. The predicted octanol–water partition coefficient (Wildman–Crippen LogP) is 1.80. The van der Waals surface area contributed by atoms with Gasteiger partial charge in [0.1, 0.15) is 0 Å². The van der Waals surface area contributed by atoms with Gasteiger partial charge in [0.25, 0.3) is 0 Å². The van der Waals surface area contributed by atoms with Gasteiger partial charge >= 0.3 is 6.03 Å². The topological polar surface area (TPSA) is 74.2 Å². The van der Waals surface area contributed by atoms with E-state index in [2.05, 4.69) is 39.6 Å². The molecule has 5 heteroatoms. The van der Waals surface area contributed by atoms with Crippen LogP contribution >= 0.6 is 0 Å². The van der Waals surface area contributed by atoms with Crippen molar-refractivity contribution in [2.45, 2.75) is 25.4 Å². The second-order valence-electron chi connectivity index (χ2n) is 5.42. The monoisotopic (exact) mass is 272 g/mol. The molecule has 1 aromatic carbocycles. The highest BCUT2D eigenvalue weighted by Gasteiger charge is 2.20. The number of para-hydroxylation sites is 1. The Morgan fingerprint density at radius 3 is 2.85 bits per heavy atom. The van der Waals surface area contributed by atoms with Gasteiger partial charge in [-0.25, -0.2) is 4.79 Å². The van der Waals surface area contributed by atoms with E-state index in [0.717, 1.165) is 32.5 Å². The predicted molar refractivity (Wildman–Crippen MR) is 79.3 cm³/mol. The van der Waals surface area contributed by atoms with Gasteiger partial charge in [0.15, 0.2) is 0 Å². The lowest BCUT2D eigenvalue weighted by molar-refractivity contribution is 0.189. The number of primary amides is 1. The van der Waals surface area contributed by atoms with Gasteiger partial charge < -0.3 is 16.0 Å². The van der Waals surface area contributed by atoms with Crippen LogP contribution in [0.4, 0.5) is 4.79 Å². The molecule has 4 N–H and O–H groups in total. The molecule has 1 saturated heterocycles. The maximum absolute atomic E-state index is 10.8. The number of urea groups is 1. The number of carbonyl (C=O) groups excluding carboxylic acids is 1. The number of rotatable bonds is 3. The third-order valence-corrected chi connectivity index (χ3v) is 4.00. The van der Waals surface area contributed by atoms with Gasteiger partial charge in [-0.1, -0.05) is 18.2 Å². The maximum atomic E-state index is 10.8. The molecule has 0 bridgehead atoms. The summed E-state index contributed by atoms with van der Waals surface area (Å²) in [4.78, 5) is 16.6. The number of nitrogens with one attached hydrogen (secondary N) is 2. The van der Waals surface area contributed by atoms with E-state index in [-0.39, 0.29) is 6.04 Å². The number of fused-ring (bicyclic) bond motifs is 1. The van der Waals surface area contributed by atoms with Gasteiger partial charge in [-0.3, -0.25) is 4.90 Å². The first-order chi connectivity index (χ1) is 9.72. The SMILES string of the molecule is NC(=O)NC1CCN(Cc2c[nH]c3ccccc23)CC1. The molecule has 0 saturated carbocycles. The number of hydrogen-bond donors (Lipinski definition) is 3. The summed E-state index contributed by atoms with van der Waals surface area (Å²) in [5.41, 5.74) is 7.68. The van der Waals surface area contributed by atoms with E-state index in [0.29, 0.717) is 0 Å². The van der Waals surface area contributed by atoms with Crippen LogP contribution in [0.2, 0.25) is 0 Å². The molecule has 106 valence electrons. The lowest BCUT2D eigenvalue weighted by Gasteiger charge is -2.31. The summed E-state index contributed by atoms with van der Waals surface area (Å²) in [6.45, 7) is 2.93. The van der Waals surface area contributed by atoms with Gasteiger partial charge in [-0.05, 0) is 24.5 Å². The molecule has 0 spiro atoms. The molecule has 1 fully saturated rings. The number of H-pyrrole nitrogens is 1. The Balaban J connectivity index is 1.61. The fourth-order valence-electron chi connectivity index (χ4n) is 2.94. The van der Waals surface area contributed by atoms with Crippen LogP contribution in [-0.4, -0.2) is 35.0 Å². The van der Waals surface area contributed by atoms with Crippen molar-refractivity contribution in [2.24, 2.45) is 5.73 Å². The highest BCUT2D eigenvalue weighted by molar-refractivity contribution is 5.82. The van der Waals surface area contributed by atoms with Crippen molar-refractivity contribution in [1.29, 1.82) is 0 Å². The van der Waals surface area contributed by atoms with Crippen LogP contribution in [0.25, 0.3) is 10.9 Å². The summed E-state index contributed by atoms with van der Waals surface area (Å²) >= 11 is 0. The van der Waals surface area contributed by atoms with E-state index >= 15 is 0 Å². The number of nitrogens with two attached hydrogens (primary N) is 1. The van der Waals surface area contributed by atoms with E-state index in [1.54, 1.807) is 0 Å². The normalized spacial score (nSPS) is 17.4. The minimum absolute atomic E-state index is 0.228. The summed E-state index contributed by atoms with van der Waals surface area (Å²) in [5.74, 6) is 0. The van der Waals surface area contributed by atoms with Crippen molar-refractivity contribution in [3.05, 3.63) is 36.0 Å². The van der Waals surface area contributed by atoms with Crippen LogP contribution in [0.1, 0.15) is 18.4 Å². The average molecular weight is 272 g/mol. The summed E-state index contributed by atoms with van der Waals surface area (Å²) in [6, 6.07) is 8.18. The lowest BCUT2D eigenvalue weighted by atomic mass is 10.0.